The summed E-state index contributed by atoms with van der Waals surface area (Å²) in [4.78, 5) is 22.5. The Labute approximate surface area is 138 Å². The highest BCUT2D eigenvalue weighted by Crippen LogP contribution is 2.20. The lowest BCUT2D eigenvalue weighted by molar-refractivity contribution is 0.0954. The van der Waals surface area contributed by atoms with Crippen LogP contribution in [0.25, 0.3) is 0 Å². The van der Waals surface area contributed by atoms with Gasteiger partial charge in [0.05, 0.1) is 5.56 Å². The predicted octanol–water partition coefficient (Wildman–Crippen LogP) is 1.36. The first-order chi connectivity index (χ1) is 11.1. The fourth-order valence-corrected chi connectivity index (χ4v) is 3.12. The number of pyridine rings is 1. The number of rotatable bonds is 4. The third-order valence-corrected chi connectivity index (χ3v) is 4.00. The van der Waals surface area contributed by atoms with Crippen LogP contribution >= 0.6 is 0 Å². The Morgan fingerprint density at radius 1 is 1.30 bits per heavy atom. The maximum absolute atomic E-state index is 11.9. The average Bonchev–Trinajstić information content (AvgIpc) is 2.54. The van der Waals surface area contributed by atoms with E-state index in [9.17, 15) is 4.79 Å². The molecule has 0 spiro atoms. The number of hydrogen-bond acceptors (Lipinski definition) is 3. The van der Waals surface area contributed by atoms with Crippen LogP contribution in [-0.4, -0.2) is 55.0 Å². The number of aliphatic imine (C=N–C) groups is 1. The van der Waals surface area contributed by atoms with Gasteiger partial charge < -0.3 is 15.5 Å². The van der Waals surface area contributed by atoms with Crippen molar-refractivity contribution in [2.24, 2.45) is 16.8 Å². The maximum Gasteiger partial charge on any atom is 0.252 e. The highest BCUT2D eigenvalue weighted by molar-refractivity contribution is 5.93. The van der Waals surface area contributed by atoms with Crippen LogP contribution < -0.4 is 10.6 Å². The van der Waals surface area contributed by atoms with Gasteiger partial charge in [0.25, 0.3) is 5.91 Å². The molecule has 1 aliphatic rings. The minimum Gasteiger partial charge on any atom is -0.354 e. The highest BCUT2D eigenvalue weighted by atomic mass is 16.1. The Morgan fingerprint density at radius 2 is 2.00 bits per heavy atom. The topological polar surface area (TPSA) is 69.6 Å². The Bertz CT molecular complexity index is 521. The summed E-state index contributed by atoms with van der Waals surface area (Å²) in [6.07, 6.45) is 4.50. The van der Waals surface area contributed by atoms with Crippen molar-refractivity contribution in [2.75, 3.05) is 33.2 Å². The molecule has 1 amide bonds. The first kappa shape index (κ1) is 17.2. The highest BCUT2D eigenvalue weighted by Gasteiger charge is 2.23. The normalized spacial score (nSPS) is 21.9. The molecule has 0 radical (unpaired) electrons. The van der Waals surface area contributed by atoms with Crippen LogP contribution in [0.15, 0.2) is 29.5 Å². The summed E-state index contributed by atoms with van der Waals surface area (Å²) in [7, 11) is 1.81. The Hall–Kier alpha value is -2.11. The van der Waals surface area contributed by atoms with E-state index in [2.05, 4.69) is 39.4 Å². The Morgan fingerprint density at radius 3 is 2.61 bits per heavy atom. The zero-order valence-electron chi connectivity index (χ0n) is 14.2. The number of likely N-dealkylation sites (tertiary alicyclic amines) is 1. The smallest absolute Gasteiger partial charge is 0.252 e. The molecule has 2 atom stereocenters. The largest absolute Gasteiger partial charge is 0.354 e. The Kier molecular flexibility index (Phi) is 6.38. The summed E-state index contributed by atoms with van der Waals surface area (Å²) >= 11 is 0. The summed E-state index contributed by atoms with van der Waals surface area (Å²) in [5.41, 5.74) is 0.579. The molecule has 0 saturated carbocycles. The minimum absolute atomic E-state index is 0.102. The molecular weight excluding hydrogens is 290 g/mol. The monoisotopic (exact) mass is 317 g/mol. The zero-order valence-corrected chi connectivity index (χ0v) is 14.2. The molecule has 2 rings (SSSR count). The van der Waals surface area contributed by atoms with Crippen LogP contribution in [0.1, 0.15) is 30.6 Å². The molecule has 2 N–H and O–H groups in total. The van der Waals surface area contributed by atoms with Crippen LogP contribution in [-0.2, 0) is 0 Å². The van der Waals surface area contributed by atoms with Crippen LogP contribution in [0, 0.1) is 11.8 Å². The fraction of sp³-hybridized carbons (Fsp3) is 0.588. The molecule has 126 valence electrons. The van der Waals surface area contributed by atoms with Gasteiger partial charge in [0.2, 0.25) is 0 Å². The lowest BCUT2D eigenvalue weighted by atomic mass is 9.92. The van der Waals surface area contributed by atoms with E-state index in [0.717, 1.165) is 19.0 Å². The number of amides is 1. The number of guanidine groups is 1. The summed E-state index contributed by atoms with van der Waals surface area (Å²) in [6, 6.07) is 3.51. The average molecular weight is 317 g/mol. The number of piperidine rings is 1. The van der Waals surface area contributed by atoms with E-state index in [1.165, 1.54) is 6.42 Å². The molecule has 1 fully saturated rings. The molecular formula is C17H27N5O. The lowest BCUT2D eigenvalue weighted by Gasteiger charge is -2.37. The molecule has 1 aromatic rings. The minimum atomic E-state index is -0.102. The molecule has 1 aromatic heterocycles. The molecule has 0 aromatic carbocycles. The number of aromatic nitrogens is 1. The SMILES string of the molecule is CN=C(NCCNC(=O)c1cccnc1)N1CC(C)CC(C)C1. The first-order valence-corrected chi connectivity index (χ1v) is 8.24. The van der Waals surface area contributed by atoms with E-state index >= 15 is 0 Å². The van der Waals surface area contributed by atoms with Crippen LogP contribution in [0.4, 0.5) is 0 Å². The molecule has 2 unspecified atom stereocenters. The van der Waals surface area contributed by atoms with Crippen molar-refractivity contribution in [3.63, 3.8) is 0 Å². The van der Waals surface area contributed by atoms with Crippen LogP contribution in [0.3, 0.4) is 0 Å². The number of hydrogen-bond donors (Lipinski definition) is 2. The molecule has 0 bridgehead atoms. The first-order valence-electron chi connectivity index (χ1n) is 8.24. The molecule has 6 heteroatoms. The zero-order chi connectivity index (χ0) is 16.7. The second kappa shape index (κ2) is 8.50. The third-order valence-electron chi connectivity index (χ3n) is 4.00. The van der Waals surface area contributed by atoms with Crippen molar-refractivity contribution in [1.82, 2.24) is 20.5 Å². The number of nitrogens with zero attached hydrogens (tertiary/aromatic N) is 3. The second-order valence-corrected chi connectivity index (χ2v) is 6.32. The van der Waals surface area contributed by atoms with Crippen molar-refractivity contribution in [3.8, 4) is 0 Å². The molecule has 6 nitrogen and oxygen atoms in total. The van der Waals surface area contributed by atoms with E-state index in [0.29, 0.717) is 30.5 Å². The van der Waals surface area contributed by atoms with Crippen molar-refractivity contribution in [3.05, 3.63) is 30.1 Å². The standard InChI is InChI=1S/C17H27N5O/c1-13-9-14(2)12-22(11-13)17(18-3)21-8-7-20-16(23)15-5-4-6-19-10-15/h4-6,10,13-14H,7-9,11-12H2,1-3H3,(H,18,21)(H,20,23). The van der Waals surface area contributed by atoms with E-state index < -0.39 is 0 Å². The van der Waals surface area contributed by atoms with E-state index in [1.54, 1.807) is 31.6 Å². The van der Waals surface area contributed by atoms with Gasteiger partial charge in [-0.15, -0.1) is 0 Å². The number of carbonyl (C=O) groups excluding carboxylic acids is 1. The van der Waals surface area contributed by atoms with Gasteiger partial charge >= 0.3 is 0 Å². The van der Waals surface area contributed by atoms with Gasteiger partial charge in [-0.25, -0.2) is 0 Å². The van der Waals surface area contributed by atoms with Crippen molar-refractivity contribution < 1.29 is 4.79 Å². The van der Waals surface area contributed by atoms with Crippen molar-refractivity contribution in [1.29, 1.82) is 0 Å². The predicted molar refractivity (Wildman–Crippen MR) is 92.4 cm³/mol. The van der Waals surface area contributed by atoms with Gasteiger partial charge in [0.1, 0.15) is 0 Å². The Balaban J connectivity index is 1.75. The van der Waals surface area contributed by atoms with Gasteiger partial charge in [-0.3, -0.25) is 14.8 Å². The summed E-state index contributed by atoms with van der Waals surface area (Å²) < 4.78 is 0. The molecule has 0 aliphatic carbocycles. The summed E-state index contributed by atoms with van der Waals surface area (Å²) in [5, 5.41) is 6.22. The second-order valence-electron chi connectivity index (χ2n) is 6.32. The van der Waals surface area contributed by atoms with Gasteiger partial charge in [-0.2, -0.15) is 0 Å². The van der Waals surface area contributed by atoms with Crippen LogP contribution in [0.5, 0.6) is 0 Å². The lowest BCUT2D eigenvalue weighted by Crippen LogP contribution is -2.49. The quantitative estimate of drug-likeness (QED) is 0.500. The third kappa shape index (κ3) is 5.23. The van der Waals surface area contributed by atoms with E-state index in [4.69, 9.17) is 0 Å². The van der Waals surface area contributed by atoms with E-state index in [-0.39, 0.29) is 5.91 Å². The van der Waals surface area contributed by atoms with Crippen molar-refractivity contribution in [2.45, 2.75) is 20.3 Å². The number of carbonyl (C=O) groups is 1. The van der Waals surface area contributed by atoms with E-state index in [1.807, 2.05) is 0 Å². The molecule has 23 heavy (non-hydrogen) atoms. The van der Waals surface area contributed by atoms with Gasteiger partial charge in [0.15, 0.2) is 5.96 Å². The van der Waals surface area contributed by atoms with Crippen LogP contribution in [0.2, 0.25) is 0 Å². The van der Waals surface area contributed by atoms with Gasteiger partial charge in [-0.05, 0) is 30.4 Å². The summed E-state index contributed by atoms with van der Waals surface area (Å²) in [5.74, 6) is 2.18. The molecule has 1 saturated heterocycles. The fourth-order valence-electron chi connectivity index (χ4n) is 3.12. The van der Waals surface area contributed by atoms with Crippen molar-refractivity contribution >= 4 is 11.9 Å². The molecule has 2 heterocycles. The maximum atomic E-state index is 11.9. The van der Waals surface area contributed by atoms with Gasteiger partial charge in [-0.1, -0.05) is 13.8 Å². The van der Waals surface area contributed by atoms with Gasteiger partial charge in [0, 0.05) is 45.6 Å². The molecule has 1 aliphatic heterocycles. The number of nitrogens with one attached hydrogen (secondary N) is 2. The summed E-state index contributed by atoms with van der Waals surface area (Å²) in [6.45, 7) is 7.83.